The highest BCUT2D eigenvalue weighted by Crippen LogP contribution is 2.39. The van der Waals surface area contributed by atoms with Crippen LogP contribution in [-0.4, -0.2) is 18.7 Å². The van der Waals surface area contributed by atoms with Gasteiger partial charge in [0.1, 0.15) is 5.75 Å². The molecule has 0 saturated heterocycles. The summed E-state index contributed by atoms with van der Waals surface area (Å²) < 4.78 is 5.39. The summed E-state index contributed by atoms with van der Waals surface area (Å²) in [5, 5.41) is 1.66. The summed E-state index contributed by atoms with van der Waals surface area (Å²) in [5.41, 5.74) is 3.75. The van der Waals surface area contributed by atoms with E-state index in [9.17, 15) is 9.59 Å². The molecule has 4 aromatic carbocycles. The Hall–Kier alpha value is -3.72. The van der Waals surface area contributed by atoms with Crippen LogP contribution in [0, 0.1) is 0 Å². The van der Waals surface area contributed by atoms with Crippen LogP contribution in [0.3, 0.4) is 0 Å². The van der Waals surface area contributed by atoms with Crippen molar-refractivity contribution in [1.82, 2.24) is 0 Å². The minimum absolute atomic E-state index is 0.118. The monoisotopic (exact) mass is 364 g/mol. The highest BCUT2D eigenvalue weighted by Gasteiger charge is 2.32. The summed E-state index contributed by atoms with van der Waals surface area (Å²) in [5.74, 6) is 0.411. The van der Waals surface area contributed by atoms with E-state index in [0.717, 1.165) is 21.9 Å². The molecule has 0 heterocycles. The van der Waals surface area contributed by atoms with Gasteiger partial charge >= 0.3 is 0 Å². The Morgan fingerprint density at radius 2 is 1.29 bits per heavy atom. The molecule has 0 saturated carbocycles. The topological polar surface area (TPSA) is 43.4 Å². The van der Waals surface area contributed by atoms with E-state index < -0.39 is 0 Å². The van der Waals surface area contributed by atoms with Gasteiger partial charge in [0.2, 0.25) is 0 Å². The molecule has 0 radical (unpaired) electrons. The largest absolute Gasteiger partial charge is 0.497 e. The molecule has 4 aromatic rings. The number of carbonyl (C=O) groups is 2. The number of hydrogen-bond acceptors (Lipinski definition) is 3. The maximum atomic E-state index is 13.3. The molecule has 0 unspecified atom stereocenters. The summed E-state index contributed by atoms with van der Waals surface area (Å²) in [6.07, 6.45) is 0. The molecular formula is C25H16O3. The molecule has 0 aliphatic heterocycles. The van der Waals surface area contributed by atoms with Gasteiger partial charge in [-0.2, -0.15) is 0 Å². The van der Waals surface area contributed by atoms with Crippen molar-refractivity contribution in [3.8, 4) is 16.9 Å². The average molecular weight is 364 g/mol. The van der Waals surface area contributed by atoms with Crippen molar-refractivity contribution in [3.63, 3.8) is 0 Å². The lowest BCUT2D eigenvalue weighted by molar-refractivity contribution is 0.0980. The fraction of sp³-hybridized carbons (Fsp3) is 0.0400. The van der Waals surface area contributed by atoms with Gasteiger partial charge in [0.15, 0.2) is 11.6 Å². The number of ether oxygens (including phenoxy) is 1. The second kappa shape index (κ2) is 6.17. The van der Waals surface area contributed by atoms with Gasteiger partial charge in [-0.05, 0) is 40.1 Å². The summed E-state index contributed by atoms with van der Waals surface area (Å²) in [7, 11) is 1.59. The lowest BCUT2D eigenvalue weighted by Gasteiger charge is -2.21. The van der Waals surface area contributed by atoms with E-state index in [4.69, 9.17) is 4.74 Å². The van der Waals surface area contributed by atoms with Crippen LogP contribution >= 0.6 is 0 Å². The Balaban J connectivity index is 1.91. The second-order valence-electron chi connectivity index (χ2n) is 6.83. The highest BCUT2D eigenvalue weighted by molar-refractivity contribution is 6.33. The number of hydrogen-bond donors (Lipinski definition) is 0. The molecule has 0 spiro atoms. The summed E-state index contributed by atoms with van der Waals surface area (Å²) in [6.45, 7) is 0. The third-order valence-electron chi connectivity index (χ3n) is 5.32. The van der Waals surface area contributed by atoms with Crippen molar-refractivity contribution in [2.45, 2.75) is 0 Å². The molecule has 3 nitrogen and oxygen atoms in total. The SMILES string of the molecule is COc1ccc2c(-c3ccccc3)cc3c(c2c1)C(=O)c1ccccc1C3=O. The van der Waals surface area contributed by atoms with E-state index in [1.165, 1.54) is 0 Å². The first-order valence-corrected chi connectivity index (χ1v) is 9.07. The van der Waals surface area contributed by atoms with Crippen molar-refractivity contribution in [1.29, 1.82) is 0 Å². The molecule has 28 heavy (non-hydrogen) atoms. The predicted octanol–water partition coefficient (Wildman–Crippen LogP) is 5.29. The third kappa shape index (κ3) is 2.30. The van der Waals surface area contributed by atoms with Gasteiger partial charge in [-0.1, -0.05) is 60.7 Å². The molecule has 1 aliphatic rings. The highest BCUT2D eigenvalue weighted by atomic mass is 16.5. The van der Waals surface area contributed by atoms with Gasteiger partial charge in [-0.3, -0.25) is 9.59 Å². The van der Waals surface area contributed by atoms with Crippen LogP contribution in [0.4, 0.5) is 0 Å². The number of ketones is 2. The Morgan fingerprint density at radius 3 is 2.00 bits per heavy atom. The second-order valence-corrected chi connectivity index (χ2v) is 6.83. The number of carbonyl (C=O) groups excluding carboxylic acids is 2. The fourth-order valence-corrected chi connectivity index (χ4v) is 3.97. The molecule has 1 aliphatic carbocycles. The minimum Gasteiger partial charge on any atom is -0.497 e. The first-order valence-electron chi connectivity index (χ1n) is 9.07. The molecule has 0 aromatic heterocycles. The van der Waals surface area contributed by atoms with E-state index in [1.54, 1.807) is 31.4 Å². The number of methoxy groups -OCH3 is 1. The van der Waals surface area contributed by atoms with Crippen molar-refractivity contribution >= 4 is 22.3 Å². The molecule has 0 bridgehead atoms. The van der Waals surface area contributed by atoms with Crippen LogP contribution in [0.1, 0.15) is 31.8 Å². The Bertz CT molecular complexity index is 1270. The zero-order valence-corrected chi connectivity index (χ0v) is 15.2. The van der Waals surface area contributed by atoms with Gasteiger partial charge in [-0.25, -0.2) is 0 Å². The summed E-state index contributed by atoms with van der Waals surface area (Å²) >= 11 is 0. The normalized spacial score (nSPS) is 12.6. The van der Waals surface area contributed by atoms with E-state index in [1.807, 2.05) is 54.6 Å². The first-order chi connectivity index (χ1) is 13.7. The lowest BCUT2D eigenvalue weighted by Crippen LogP contribution is -2.21. The average Bonchev–Trinajstić information content (AvgIpc) is 2.76. The van der Waals surface area contributed by atoms with E-state index >= 15 is 0 Å². The Kier molecular flexibility index (Phi) is 3.63. The third-order valence-corrected chi connectivity index (χ3v) is 5.32. The van der Waals surface area contributed by atoms with Crippen LogP contribution in [0.2, 0.25) is 0 Å². The molecule has 5 rings (SSSR count). The van der Waals surface area contributed by atoms with Gasteiger partial charge in [-0.15, -0.1) is 0 Å². The van der Waals surface area contributed by atoms with Gasteiger partial charge in [0.25, 0.3) is 0 Å². The summed E-state index contributed by atoms with van der Waals surface area (Å²) in [4.78, 5) is 26.6. The van der Waals surface area contributed by atoms with Crippen molar-refractivity contribution in [3.05, 3.63) is 101 Å². The summed E-state index contributed by atoms with van der Waals surface area (Å²) in [6, 6.07) is 24.5. The van der Waals surface area contributed by atoms with Crippen molar-refractivity contribution in [2.75, 3.05) is 7.11 Å². The maximum Gasteiger partial charge on any atom is 0.195 e. The Morgan fingerprint density at radius 1 is 0.607 bits per heavy atom. The van der Waals surface area contributed by atoms with Crippen LogP contribution in [0.5, 0.6) is 5.75 Å². The number of rotatable bonds is 2. The zero-order valence-electron chi connectivity index (χ0n) is 15.2. The van der Waals surface area contributed by atoms with E-state index in [0.29, 0.717) is 28.0 Å². The smallest absolute Gasteiger partial charge is 0.195 e. The van der Waals surface area contributed by atoms with Gasteiger partial charge in [0, 0.05) is 22.3 Å². The molecule has 0 amide bonds. The Labute approximate surface area is 162 Å². The maximum absolute atomic E-state index is 13.3. The van der Waals surface area contributed by atoms with Crippen molar-refractivity contribution < 1.29 is 14.3 Å². The molecule has 0 atom stereocenters. The fourth-order valence-electron chi connectivity index (χ4n) is 3.97. The first kappa shape index (κ1) is 16.5. The van der Waals surface area contributed by atoms with Crippen LogP contribution in [0.15, 0.2) is 78.9 Å². The molecule has 134 valence electrons. The van der Waals surface area contributed by atoms with Gasteiger partial charge in [0.05, 0.1) is 7.11 Å². The van der Waals surface area contributed by atoms with E-state index in [-0.39, 0.29) is 11.6 Å². The van der Waals surface area contributed by atoms with Crippen LogP contribution in [-0.2, 0) is 0 Å². The standard InChI is InChI=1S/C25H16O3/c1-28-16-11-12-17-20(15-7-3-2-4-8-15)14-22-23(21(17)13-16)25(27)19-10-6-5-9-18(19)24(22)26/h2-14H,1H3. The number of fused-ring (bicyclic) bond motifs is 4. The zero-order chi connectivity index (χ0) is 19.3. The lowest BCUT2D eigenvalue weighted by atomic mass is 9.79. The minimum atomic E-state index is -0.122. The van der Waals surface area contributed by atoms with E-state index in [2.05, 4.69) is 0 Å². The quantitative estimate of drug-likeness (QED) is 0.427. The number of benzene rings is 4. The molecule has 0 N–H and O–H groups in total. The molecule has 0 fully saturated rings. The predicted molar refractivity (Wildman–Crippen MR) is 109 cm³/mol. The molecular weight excluding hydrogens is 348 g/mol. The molecule has 3 heteroatoms. The van der Waals surface area contributed by atoms with Gasteiger partial charge < -0.3 is 4.74 Å². The van der Waals surface area contributed by atoms with Crippen LogP contribution < -0.4 is 4.74 Å². The van der Waals surface area contributed by atoms with Crippen LogP contribution in [0.25, 0.3) is 21.9 Å². The van der Waals surface area contributed by atoms with Crippen molar-refractivity contribution in [2.24, 2.45) is 0 Å².